The molecular weight excluding hydrogens is 236 g/mol. The van der Waals surface area contributed by atoms with Crippen LogP contribution in [0.3, 0.4) is 0 Å². The van der Waals surface area contributed by atoms with Crippen molar-refractivity contribution in [3.05, 3.63) is 29.3 Å². The molecule has 1 heterocycles. The molecule has 1 aliphatic carbocycles. The first-order chi connectivity index (χ1) is 9.19. The van der Waals surface area contributed by atoms with E-state index in [-0.39, 0.29) is 6.10 Å². The van der Waals surface area contributed by atoms with Crippen molar-refractivity contribution in [3.63, 3.8) is 0 Å². The molecule has 104 valence electrons. The molecule has 0 radical (unpaired) electrons. The normalized spacial score (nSPS) is 29.8. The number of aliphatic hydroxyl groups excluding tert-OH is 1. The van der Waals surface area contributed by atoms with Crippen molar-refractivity contribution in [1.82, 2.24) is 5.32 Å². The van der Waals surface area contributed by atoms with Crippen LogP contribution in [-0.4, -0.2) is 31.3 Å². The fourth-order valence-electron chi connectivity index (χ4n) is 3.71. The number of aliphatic hydroxyl groups is 1. The van der Waals surface area contributed by atoms with Gasteiger partial charge in [-0.15, -0.1) is 0 Å². The smallest absolute Gasteiger partial charge is 0.0588 e. The van der Waals surface area contributed by atoms with Gasteiger partial charge in [0, 0.05) is 31.2 Å². The Morgan fingerprint density at radius 1 is 1.32 bits per heavy atom. The molecule has 0 amide bonds. The van der Waals surface area contributed by atoms with Crippen molar-refractivity contribution in [2.75, 3.05) is 25.0 Å². The molecule has 3 unspecified atom stereocenters. The lowest BCUT2D eigenvalue weighted by atomic mass is 10.00. The highest BCUT2D eigenvalue weighted by Gasteiger charge is 2.41. The van der Waals surface area contributed by atoms with E-state index in [4.69, 9.17) is 0 Å². The fraction of sp³-hybridized carbons (Fsp3) is 0.625. The Labute approximate surface area is 115 Å². The van der Waals surface area contributed by atoms with Gasteiger partial charge in [0.1, 0.15) is 0 Å². The topological polar surface area (TPSA) is 35.5 Å². The maximum Gasteiger partial charge on any atom is 0.0588 e. The number of fused-ring (bicyclic) bond motifs is 1. The Balaban J connectivity index is 1.75. The lowest BCUT2D eigenvalue weighted by Gasteiger charge is -2.22. The molecule has 1 saturated heterocycles. The maximum atomic E-state index is 10.00. The highest BCUT2D eigenvalue weighted by atomic mass is 16.3. The highest BCUT2D eigenvalue weighted by molar-refractivity contribution is 5.52. The molecule has 3 rings (SSSR count). The number of rotatable bonds is 3. The summed E-state index contributed by atoms with van der Waals surface area (Å²) in [4.78, 5) is 2.45. The minimum absolute atomic E-state index is 0.0698. The van der Waals surface area contributed by atoms with Gasteiger partial charge < -0.3 is 15.3 Å². The van der Waals surface area contributed by atoms with Crippen LogP contribution in [0.15, 0.2) is 18.2 Å². The van der Waals surface area contributed by atoms with Crippen LogP contribution in [-0.2, 0) is 6.54 Å². The highest BCUT2D eigenvalue weighted by Crippen LogP contribution is 2.40. The Kier molecular flexibility index (Phi) is 3.50. The summed E-state index contributed by atoms with van der Waals surface area (Å²) < 4.78 is 0. The molecule has 2 N–H and O–H groups in total. The van der Waals surface area contributed by atoms with Crippen LogP contribution in [0.1, 0.15) is 24.0 Å². The zero-order valence-corrected chi connectivity index (χ0v) is 11.9. The Morgan fingerprint density at radius 2 is 2.16 bits per heavy atom. The molecule has 1 aliphatic heterocycles. The molecule has 1 aromatic carbocycles. The molecule has 0 bridgehead atoms. The zero-order valence-electron chi connectivity index (χ0n) is 11.9. The fourth-order valence-corrected chi connectivity index (χ4v) is 3.71. The number of anilines is 1. The Bertz CT molecular complexity index is 460. The second-order valence-corrected chi connectivity index (χ2v) is 6.11. The van der Waals surface area contributed by atoms with Crippen molar-refractivity contribution in [3.8, 4) is 0 Å². The van der Waals surface area contributed by atoms with Crippen LogP contribution in [0, 0.1) is 18.8 Å². The molecule has 1 saturated carbocycles. The number of aryl methyl sites for hydroxylation is 1. The predicted molar refractivity (Wildman–Crippen MR) is 78.4 cm³/mol. The monoisotopic (exact) mass is 260 g/mol. The summed E-state index contributed by atoms with van der Waals surface area (Å²) in [6, 6.07) is 6.75. The summed E-state index contributed by atoms with van der Waals surface area (Å²) in [7, 11) is 1.98. The van der Waals surface area contributed by atoms with Gasteiger partial charge in [-0.05, 0) is 56.0 Å². The Hall–Kier alpha value is -1.06. The minimum Gasteiger partial charge on any atom is -0.393 e. The van der Waals surface area contributed by atoms with Crippen molar-refractivity contribution in [2.24, 2.45) is 11.8 Å². The third-order valence-electron chi connectivity index (χ3n) is 4.88. The lowest BCUT2D eigenvalue weighted by Crippen LogP contribution is -2.24. The summed E-state index contributed by atoms with van der Waals surface area (Å²) in [5, 5.41) is 13.2. The van der Waals surface area contributed by atoms with Crippen LogP contribution >= 0.6 is 0 Å². The van der Waals surface area contributed by atoms with Crippen LogP contribution in [0.2, 0.25) is 0 Å². The van der Waals surface area contributed by atoms with Crippen LogP contribution in [0.25, 0.3) is 0 Å². The van der Waals surface area contributed by atoms with E-state index in [0.717, 1.165) is 26.1 Å². The van der Waals surface area contributed by atoms with Gasteiger partial charge in [-0.25, -0.2) is 0 Å². The summed E-state index contributed by atoms with van der Waals surface area (Å²) >= 11 is 0. The summed E-state index contributed by atoms with van der Waals surface area (Å²) in [6.45, 7) is 5.25. The van der Waals surface area contributed by atoms with Crippen molar-refractivity contribution >= 4 is 5.69 Å². The van der Waals surface area contributed by atoms with E-state index < -0.39 is 0 Å². The summed E-state index contributed by atoms with van der Waals surface area (Å²) in [5.74, 6) is 1.20. The Morgan fingerprint density at radius 3 is 2.84 bits per heavy atom. The largest absolute Gasteiger partial charge is 0.393 e. The maximum absolute atomic E-state index is 10.00. The predicted octanol–water partition coefficient (Wildman–Crippen LogP) is 1.92. The summed E-state index contributed by atoms with van der Waals surface area (Å²) in [6.07, 6.45) is 2.13. The van der Waals surface area contributed by atoms with Gasteiger partial charge >= 0.3 is 0 Å². The minimum atomic E-state index is -0.0698. The van der Waals surface area contributed by atoms with E-state index in [1.165, 1.54) is 23.2 Å². The zero-order chi connectivity index (χ0) is 13.4. The van der Waals surface area contributed by atoms with E-state index in [1.807, 2.05) is 7.05 Å². The molecule has 3 atom stereocenters. The molecule has 19 heavy (non-hydrogen) atoms. The second kappa shape index (κ2) is 5.14. The SMILES string of the molecule is CNCc1ccc(N2CC3CCC(O)C3C2)cc1C. The molecule has 1 aromatic rings. The number of hydrogen-bond donors (Lipinski definition) is 2. The van der Waals surface area contributed by atoms with E-state index in [1.54, 1.807) is 0 Å². The standard InChI is InChI=1S/C16H24N2O/c1-11-7-14(5-3-12(11)8-17-2)18-9-13-4-6-16(19)15(13)10-18/h3,5,7,13,15-17,19H,4,6,8-10H2,1-2H3. The van der Waals surface area contributed by atoms with Gasteiger partial charge in [0.2, 0.25) is 0 Å². The molecular formula is C16H24N2O. The third kappa shape index (κ3) is 2.37. The van der Waals surface area contributed by atoms with Crippen molar-refractivity contribution in [2.45, 2.75) is 32.4 Å². The first-order valence-corrected chi connectivity index (χ1v) is 7.36. The number of benzene rings is 1. The van der Waals surface area contributed by atoms with Crippen molar-refractivity contribution < 1.29 is 5.11 Å². The van der Waals surface area contributed by atoms with Crippen molar-refractivity contribution in [1.29, 1.82) is 0 Å². The first-order valence-electron chi connectivity index (χ1n) is 7.36. The quantitative estimate of drug-likeness (QED) is 0.871. The molecule has 3 nitrogen and oxygen atoms in total. The molecule has 0 aromatic heterocycles. The van der Waals surface area contributed by atoms with Gasteiger partial charge in [-0.2, -0.15) is 0 Å². The van der Waals surface area contributed by atoms with E-state index in [0.29, 0.717) is 11.8 Å². The molecule has 2 fully saturated rings. The average Bonchev–Trinajstić information content (AvgIpc) is 2.95. The first kappa shape index (κ1) is 12.9. The van der Waals surface area contributed by atoms with Gasteiger partial charge in [0.25, 0.3) is 0 Å². The van der Waals surface area contributed by atoms with Crippen LogP contribution < -0.4 is 10.2 Å². The van der Waals surface area contributed by atoms with E-state index >= 15 is 0 Å². The second-order valence-electron chi connectivity index (χ2n) is 6.11. The third-order valence-corrected chi connectivity index (χ3v) is 4.88. The number of nitrogens with zero attached hydrogens (tertiary/aromatic N) is 1. The molecule has 3 heteroatoms. The van der Waals surface area contributed by atoms with Gasteiger partial charge in [-0.1, -0.05) is 6.07 Å². The average molecular weight is 260 g/mol. The molecule has 2 aliphatic rings. The lowest BCUT2D eigenvalue weighted by molar-refractivity contribution is 0.133. The van der Waals surface area contributed by atoms with Crippen LogP contribution in [0.5, 0.6) is 0 Å². The van der Waals surface area contributed by atoms with E-state index in [9.17, 15) is 5.11 Å². The van der Waals surface area contributed by atoms with Crippen LogP contribution in [0.4, 0.5) is 5.69 Å². The van der Waals surface area contributed by atoms with Gasteiger partial charge in [0.15, 0.2) is 0 Å². The number of hydrogen-bond acceptors (Lipinski definition) is 3. The summed E-state index contributed by atoms with van der Waals surface area (Å²) in [5.41, 5.74) is 4.04. The van der Waals surface area contributed by atoms with Gasteiger partial charge in [-0.3, -0.25) is 0 Å². The number of nitrogens with one attached hydrogen (secondary N) is 1. The molecule has 0 spiro atoms. The van der Waals surface area contributed by atoms with Gasteiger partial charge in [0.05, 0.1) is 6.10 Å². The van der Waals surface area contributed by atoms with E-state index in [2.05, 4.69) is 35.3 Å².